The molecule has 1 atom stereocenters. The fourth-order valence-electron chi connectivity index (χ4n) is 3.10. The van der Waals surface area contributed by atoms with Crippen LogP contribution in [0, 0.1) is 5.41 Å². The number of hydrogen-bond acceptors (Lipinski definition) is 2. The van der Waals surface area contributed by atoms with Crippen LogP contribution in [0.25, 0.3) is 0 Å². The van der Waals surface area contributed by atoms with E-state index in [4.69, 9.17) is 9.73 Å². The third-order valence-corrected chi connectivity index (χ3v) is 7.18. The molecule has 3 heteroatoms. The molecular formula is C24H28NOP. The van der Waals surface area contributed by atoms with Gasteiger partial charge >= 0.3 is 0 Å². The first kappa shape index (κ1) is 19.6. The highest BCUT2D eigenvalue weighted by Gasteiger charge is 2.31. The van der Waals surface area contributed by atoms with Gasteiger partial charge in [-0.25, -0.2) is 4.99 Å². The normalized spacial score (nSPS) is 17.6. The van der Waals surface area contributed by atoms with E-state index in [-0.39, 0.29) is 11.5 Å². The maximum absolute atomic E-state index is 5.98. The molecule has 0 spiro atoms. The second-order valence-electron chi connectivity index (χ2n) is 7.79. The van der Waals surface area contributed by atoms with Crippen molar-refractivity contribution in [2.75, 3.05) is 6.61 Å². The summed E-state index contributed by atoms with van der Waals surface area (Å²) < 4.78 is 5.98. The van der Waals surface area contributed by atoms with Gasteiger partial charge in [0.15, 0.2) is 5.90 Å². The Morgan fingerprint density at radius 1 is 1.07 bits per heavy atom. The van der Waals surface area contributed by atoms with Gasteiger partial charge in [-0.3, -0.25) is 0 Å². The lowest BCUT2D eigenvalue weighted by Gasteiger charge is -2.22. The van der Waals surface area contributed by atoms with Gasteiger partial charge < -0.3 is 4.74 Å². The molecule has 1 heterocycles. The average Bonchev–Trinajstić information content (AvgIpc) is 3.13. The Morgan fingerprint density at radius 3 is 2.07 bits per heavy atom. The van der Waals surface area contributed by atoms with Crippen LogP contribution in [0.4, 0.5) is 0 Å². The van der Waals surface area contributed by atoms with E-state index in [1.165, 1.54) is 15.9 Å². The SMILES string of the molecule is C=C/C=C(\CC1=N[C@@H](C(C)(C)C)CO1)P(c1ccccc1)c1ccccc1. The van der Waals surface area contributed by atoms with Crippen molar-refractivity contribution in [3.05, 3.63) is 84.7 Å². The van der Waals surface area contributed by atoms with Crippen molar-refractivity contribution in [1.29, 1.82) is 0 Å². The Balaban J connectivity index is 1.96. The van der Waals surface area contributed by atoms with Crippen LogP contribution < -0.4 is 10.6 Å². The highest BCUT2D eigenvalue weighted by atomic mass is 31.1. The third kappa shape index (κ3) is 4.96. The molecule has 0 aromatic heterocycles. The number of aliphatic imine (C=N–C) groups is 1. The predicted octanol–water partition coefficient (Wildman–Crippen LogP) is 5.42. The molecule has 0 amide bonds. The van der Waals surface area contributed by atoms with Gasteiger partial charge in [0.05, 0.1) is 6.04 Å². The number of nitrogens with zero attached hydrogens (tertiary/aromatic N) is 1. The van der Waals surface area contributed by atoms with Crippen LogP contribution in [0.2, 0.25) is 0 Å². The van der Waals surface area contributed by atoms with Gasteiger partial charge in [-0.1, -0.05) is 100 Å². The van der Waals surface area contributed by atoms with Gasteiger partial charge in [-0.15, -0.1) is 0 Å². The molecule has 3 rings (SSSR count). The van der Waals surface area contributed by atoms with Gasteiger partial charge in [-0.2, -0.15) is 0 Å². The molecular weight excluding hydrogens is 349 g/mol. The summed E-state index contributed by atoms with van der Waals surface area (Å²) in [6.07, 6.45) is 4.75. The zero-order valence-corrected chi connectivity index (χ0v) is 17.3. The topological polar surface area (TPSA) is 21.6 Å². The maximum atomic E-state index is 5.98. The van der Waals surface area contributed by atoms with Crippen molar-refractivity contribution in [3.63, 3.8) is 0 Å². The molecule has 0 N–H and O–H groups in total. The summed E-state index contributed by atoms with van der Waals surface area (Å²) in [5.74, 6) is 0.849. The van der Waals surface area contributed by atoms with E-state index >= 15 is 0 Å². The Labute approximate surface area is 164 Å². The first-order chi connectivity index (χ1) is 13.0. The second kappa shape index (κ2) is 8.67. The first-order valence-electron chi connectivity index (χ1n) is 9.40. The second-order valence-corrected chi connectivity index (χ2v) is 10.1. The van der Waals surface area contributed by atoms with Crippen LogP contribution in [0.3, 0.4) is 0 Å². The lowest BCUT2D eigenvalue weighted by molar-refractivity contribution is 0.234. The van der Waals surface area contributed by atoms with E-state index < -0.39 is 7.92 Å². The van der Waals surface area contributed by atoms with Gasteiger partial charge in [0.2, 0.25) is 0 Å². The molecule has 2 nitrogen and oxygen atoms in total. The molecule has 0 radical (unpaired) electrons. The van der Waals surface area contributed by atoms with Gasteiger partial charge in [0, 0.05) is 6.42 Å². The highest BCUT2D eigenvalue weighted by Crippen LogP contribution is 2.45. The van der Waals surface area contributed by atoms with Gasteiger partial charge in [0.1, 0.15) is 6.61 Å². The molecule has 140 valence electrons. The standard InChI is InChI=1S/C24H28NOP/c1-5-12-21(17-23-25-22(18-26-23)24(2,3)4)27(19-13-8-6-9-14-19)20-15-10-7-11-16-20/h5-16,22H,1,17-18H2,2-4H3/b21-12+/t22-/m1/s1. The molecule has 27 heavy (non-hydrogen) atoms. The minimum absolute atomic E-state index is 0.119. The van der Waals surface area contributed by atoms with Crippen molar-refractivity contribution in [2.24, 2.45) is 10.4 Å². The first-order valence-corrected chi connectivity index (χ1v) is 10.7. The molecule has 2 aromatic carbocycles. The molecule has 0 fully saturated rings. The summed E-state index contributed by atoms with van der Waals surface area (Å²) in [6, 6.07) is 21.6. The largest absolute Gasteiger partial charge is 0.478 e. The van der Waals surface area contributed by atoms with Crippen LogP contribution in [-0.4, -0.2) is 18.5 Å². The number of allylic oxidation sites excluding steroid dienone is 2. The summed E-state index contributed by atoms with van der Waals surface area (Å²) in [6.45, 7) is 11.3. The minimum Gasteiger partial charge on any atom is -0.478 e. The van der Waals surface area contributed by atoms with E-state index in [0.717, 1.165) is 12.3 Å². The Bertz CT molecular complexity index is 779. The molecule has 0 saturated carbocycles. The monoisotopic (exact) mass is 377 g/mol. The zero-order valence-electron chi connectivity index (χ0n) is 16.4. The lowest BCUT2D eigenvalue weighted by atomic mass is 9.88. The molecule has 0 aliphatic carbocycles. The van der Waals surface area contributed by atoms with Crippen molar-refractivity contribution < 1.29 is 4.74 Å². The van der Waals surface area contributed by atoms with E-state index in [9.17, 15) is 0 Å². The number of rotatable bonds is 6. The van der Waals surface area contributed by atoms with E-state index in [0.29, 0.717) is 6.61 Å². The van der Waals surface area contributed by atoms with Crippen LogP contribution >= 0.6 is 7.92 Å². The molecule has 1 aliphatic rings. The van der Waals surface area contributed by atoms with E-state index in [1.807, 2.05) is 6.08 Å². The molecule has 0 bridgehead atoms. The number of ether oxygens (including phenoxy) is 1. The van der Waals surface area contributed by atoms with Crippen LogP contribution in [0.5, 0.6) is 0 Å². The van der Waals surface area contributed by atoms with E-state index in [2.05, 4.69) is 94.1 Å². The third-order valence-electron chi connectivity index (χ3n) is 4.67. The van der Waals surface area contributed by atoms with Gasteiger partial charge in [0.25, 0.3) is 0 Å². The molecule has 2 aromatic rings. The fraction of sp³-hybridized carbons (Fsp3) is 0.292. The zero-order chi connectivity index (χ0) is 19.3. The smallest absolute Gasteiger partial charge is 0.188 e. The maximum Gasteiger partial charge on any atom is 0.188 e. The lowest BCUT2D eigenvalue weighted by Crippen LogP contribution is -2.25. The van der Waals surface area contributed by atoms with Crippen molar-refractivity contribution in [3.8, 4) is 0 Å². The van der Waals surface area contributed by atoms with Crippen molar-refractivity contribution in [2.45, 2.75) is 33.2 Å². The summed E-state index contributed by atoms with van der Waals surface area (Å²) in [7, 11) is -0.650. The van der Waals surface area contributed by atoms with Crippen molar-refractivity contribution >= 4 is 24.4 Å². The molecule has 1 aliphatic heterocycles. The quantitative estimate of drug-likeness (QED) is 0.486. The van der Waals surface area contributed by atoms with Crippen LogP contribution in [0.15, 0.2) is 89.7 Å². The Morgan fingerprint density at radius 2 is 1.63 bits per heavy atom. The minimum atomic E-state index is -0.650. The van der Waals surface area contributed by atoms with Crippen molar-refractivity contribution in [1.82, 2.24) is 0 Å². The molecule has 0 unspecified atom stereocenters. The summed E-state index contributed by atoms with van der Waals surface area (Å²) in [5.41, 5.74) is 0.119. The molecule has 0 saturated heterocycles. The van der Waals surface area contributed by atoms with Gasteiger partial charge in [-0.05, 0) is 29.3 Å². The van der Waals surface area contributed by atoms with E-state index in [1.54, 1.807) is 0 Å². The van der Waals surface area contributed by atoms with Crippen LogP contribution in [-0.2, 0) is 4.74 Å². The summed E-state index contributed by atoms with van der Waals surface area (Å²) in [4.78, 5) is 4.88. The highest BCUT2D eigenvalue weighted by molar-refractivity contribution is 7.76. The summed E-state index contributed by atoms with van der Waals surface area (Å²) >= 11 is 0. The average molecular weight is 377 g/mol. The van der Waals surface area contributed by atoms with Crippen LogP contribution in [0.1, 0.15) is 27.2 Å². The predicted molar refractivity (Wildman–Crippen MR) is 119 cm³/mol. The number of hydrogen-bond donors (Lipinski definition) is 0. The summed E-state index contributed by atoms with van der Waals surface area (Å²) in [5, 5.41) is 3.97. The Kier molecular flexibility index (Phi) is 6.29. The fourth-order valence-corrected chi connectivity index (χ4v) is 5.55. The Hall–Kier alpha value is -2.18. The number of benzene rings is 2.